The van der Waals surface area contributed by atoms with Crippen LogP contribution in [-0.4, -0.2) is 23.8 Å². The molecule has 0 radical (unpaired) electrons. The van der Waals surface area contributed by atoms with E-state index in [1.54, 1.807) is 6.20 Å². The first-order valence-electron chi connectivity index (χ1n) is 8.20. The Morgan fingerprint density at radius 1 is 1.32 bits per heavy atom. The van der Waals surface area contributed by atoms with Crippen LogP contribution >= 0.6 is 0 Å². The molecular formula is C20H28N2O3. The Labute approximate surface area is 150 Å². The molecule has 1 atom stereocenters. The molecule has 1 rings (SSSR count). The quantitative estimate of drug-likeness (QED) is 0.443. The van der Waals surface area contributed by atoms with Crippen molar-refractivity contribution in [3.05, 3.63) is 60.0 Å². The number of nitrogens with zero attached hydrogens (tertiary/aromatic N) is 1. The number of aliphatic imine (C=N–C) groups is 1. The fourth-order valence-electron chi connectivity index (χ4n) is 1.84. The Morgan fingerprint density at radius 2 is 1.96 bits per heavy atom. The zero-order chi connectivity index (χ0) is 18.9. The highest BCUT2D eigenvalue weighted by Gasteiger charge is 2.19. The number of allylic oxidation sites excluding steroid dienone is 1. The van der Waals surface area contributed by atoms with Gasteiger partial charge in [-0.05, 0) is 38.8 Å². The van der Waals surface area contributed by atoms with Crippen molar-refractivity contribution < 1.29 is 14.3 Å². The largest absolute Gasteiger partial charge is 0.492 e. The van der Waals surface area contributed by atoms with Crippen LogP contribution in [0.25, 0.3) is 0 Å². The SMILES string of the molecule is C=C(/C=N\C=C(/C)OCc1ccccc1)[C@@H](N)CC(=O)OC(C)(C)C. The third-order valence-electron chi connectivity index (χ3n) is 3.09. The van der Waals surface area contributed by atoms with Crippen LogP contribution in [0.2, 0.25) is 0 Å². The lowest BCUT2D eigenvalue weighted by Crippen LogP contribution is -2.31. The van der Waals surface area contributed by atoms with Gasteiger partial charge in [-0.3, -0.25) is 9.79 Å². The van der Waals surface area contributed by atoms with Gasteiger partial charge in [-0.25, -0.2) is 0 Å². The fraction of sp³-hybridized carbons (Fsp3) is 0.400. The van der Waals surface area contributed by atoms with Crippen LogP contribution in [0.15, 0.2) is 59.4 Å². The predicted molar refractivity (Wildman–Crippen MR) is 101 cm³/mol. The van der Waals surface area contributed by atoms with E-state index in [4.69, 9.17) is 15.2 Å². The van der Waals surface area contributed by atoms with Gasteiger partial charge in [0.2, 0.25) is 0 Å². The van der Waals surface area contributed by atoms with Gasteiger partial charge >= 0.3 is 5.97 Å². The van der Waals surface area contributed by atoms with Gasteiger partial charge in [0.05, 0.1) is 12.6 Å². The highest BCUT2D eigenvalue weighted by atomic mass is 16.6. The molecule has 0 unspecified atom stereocenters. The predicted octanol–water partition coefficient (Wildman–Crippen LogP) is 3.75. The summed E-state index contributed by atoms with van der Waals surface area (Å²) in [5.74, 6) is 0.320. The highest BCUT2D eigenvalue weighted by molar-refractivity contribution is 5.82. The standard InChI is InChI=1S/C20H28N2O3/c1-15(18(21)11-19(23)25-20(3,4)5)12-22-13-16(2)24-14-17-9-7-6-8-10-17/h6-10,12-13,18H,1,11,14,21H2,2-5H3/b16-13+,22-12-/t18-/m0/s1. The van der Waals surface area contributed by atoms with Gasteiger partial charge in [0.15, 0.2) is 0 Å². The van der Waals surface area contributed by atoms with E-state index in [2.05, 4.69) is 11.6 Å². The third-order valence-corrected chi connectivity index (χ3v) is 3.09. The van der Waals surface area contributed by atoms with Crippen LogP contribution in [0.4, 0.5) is 0 Å². The summed E-state index contributed by atoms with van der Waals surface area (Å²) in [6.07, 6.45) is 3.19. The third kappa shape index (κ3) is 9.47. The summed E-state index contributed by atoms with van der Waals surface area (Å²) in [6.45, 7) is 11.6. The van der Waals surface area contributed by atoms with Crippen molar-refractivity contribution in [3.8, 4) is 0 Å². The molecule has 0 amide bonds. The fourth-order valence-corrected chi connectivity index (χ4v) is 1.84. The summed E-state index contributed by atoms with van der Waals surface area (Å²) in [4.78, 5) is 15.9. The van der Waals surface area contributed by atoms with E-state index >= 15 is 0 Å². The number of carbonyl (C=O) groups is 1. The molecule has 0 spiro atoms. The molecule has 0 saturated carbocycles. The van der Waals surface area contributed by atoms with Gasteiger partial charge in [-0.15, -0.1) is 0 Å². The van der Waals surface area contributed by atoms with Crippen molar-refractivity contribution in [2.75, 3.05) is 0 Å². The molecule has 2 N–H and O–H groups in total. The molecule has 1 aromatic rings. The molecule has 5 heteroatoms. The van der Waals surface area contributed by atoms with Crippen LogP contribution < -0.4 is 5.73 Å². The molecule has 25 heavy (non-hydrogen) atoms. The minimum atomic E-state index is -0.530. The number of esters is 1. The molecule has 0 aromatic heterocycles. The average molecular weight is 344 g/mol. The van der Waals surface area contributed by atoms with Crippen molar-refractivity contribution in [3.63, 3.8) is 0 Å². The lowest BCUT2D eigenvalue weighted by Gasteiger charge is -2.20. The molecule has 0 saturated heterocycles. The number of ether oxygens (including phenoxy) is 2. The van der Waals surface area contributed by atoms with Crippen LogP contribution in [0.3, 0.4) is 0 Å². The molecule has 0 heterocycles. The van der Waals surface area contributed by atoms with Gasteiger partial charge in [0, 0.05) is 12.3 Å². The van der Waals surface area contributed by atoms with E-state index in [9.17, 15) is 4.79 Å². The topological polar surface area (TPSA) is 73.9 Å². The van der Waals surface area contributed by atoms with E-state index < -0.39 is 11.6 Å². The number of hydrogen-bond donors (Lipinski definition) is 1. The Bertz CT molecular complexity index is 628. The van der Waals surface area contributed by atoms with Crippen LogP contribution in [-0.2, 0) is 20.9 Å². The van der Waals surface area contributed by atoms with Crippen LogP contribution in [0.5, 0.6) is 0 Å². The summed E-state index contributed by atoms with van der Waals surface area (Å²) in [6, 6.07) is 9.35. The van der Waals surface area contributed by atoms with Gasteiger partial charge in [0.1, 0.15) is 18.0 Å². The Morgan fingerprint density at radius 3 is 2.56 bits per heavy atom. The lowest BCUT2D eigenvalue weighted by molar-refractivity contribution is -0.154. The van der Waals surface area contributed by atoms with Gasteiger partial charge in [-0.1, -0.05) is 36.9 Å². The molecule has 0 fully saturated rings. The van der Waals surface area contributed by atoms with Crippen molar-refractivity contribution in [2.24, 2.45) is 10.7 Å². The number of carbonyl (C=O) groups excluding carboxylic acids is 1. The van der Waals surface area contributed by atoms with Crippen LogP contribution in [0.1, 0.15) is 39.7 Å². The maximum Gasteiger partial charge on any atom is 0.308 e. The van der Waals surface area contributed by atoms with E-state index in [-0.39, 0.29) is 12.4 Å². The number of benzene rings is 1. The van der Waals surface area contributed by atoms with Crippen molar-refractivity contribution in [1.29, 1.82) is 0 Å². The summed E-state index contributed by atoms with van der Waals surface area (Å²) in [5, 5.41) is 0. The molecule has 1 aromatic carbocycles. The molecule has 0 aliphatic rings. The Kier molecular flexibility index (Phi) is 8.08. The molecule has 0 aliphatic carbocycles. The van der Waals surface area contributed by atoms with E-state index in [0.29, 0.717) is 17.9 Å². The van der Waals surface area contributed by atoms with Crippen molar-refractivity contribution in [1.82, 2.24) is 0 Å². The number of nitrogens with two attached hydrogens (primary N) is 1. The lowest BCUT2D eigenvalue weighted by atomic mass is 10.1. The number of rotatable bonds is 8. The van der Waals surface area contributed by atoms with Crippen molar-refractivity contribution in [2.45, 2.75) is 52.4 Å². The minimum absolute atomic E-state index is 0.0648. The Balaban J connectivity index is 2.42. The summed E-state index contributed by atoms with van der Waals surface area (Å²) >= 11 is 0. The normalized spacial score (nSPS) is 13.6. The smallest absolute Gasteiger partial charge is 0.308 e. The van der Waals surface area contributed by atoms with E-state index in [0.717, 1.165) is 5.56 Å². The molecular weight excluding hydrogens is 316 g/mol. The second-order valence-corrected chi connectivity index (χ2v) is 6.76. The summed E-state index contributed by atoms with van der Waals surface area (Å²) in [5.41, 5.74) is 7.06. The molecule has 136 valence electrons. The first-order chi connectivity index (χ1) is 11.7. The Hall–Kier alpha value is -2.40. The first-order valence-corrected chi connectivity index (χ1v) is 8.20. The maximum atomic E-state index is 11.8. The monoisotopic (exact) mass is 344 g/mol. The molecule has 0 bridgehead atoms. The van der Waals surface area contributed by atoms with Gasteiger partial charge < -0.3 is 15.2 Å². The zero-order valence-electron chi connectivity index (χ0n) is 15.5. The number of hydrogen-bond acceptors (Lipinski definition) is 5. The second-order valence-electron chi connectivity index (χ2n) is 6.76. The maximum absolute atomic E-state index is 11.8. The summed E-state index contributed by atoms with van der Waals surface area (Å²) in [7, 11) is 0. The second kappa shape index (κ2) is 9.79. The van der Waals surface area contributed by atoms with Gasteiger partial charge in [-0.2, -0.15) is 0 Å². The van der Waals surface area contributed by atoms with Crippen LogP contribution in [0, 0.1) is 0 Å². The van der Waals surface area contributed by atoms with Gasteiger partial charge in [0.25, 0.3) is 0 Å². The highest BCUT2D eigenvalue weighted by Crippen LogP contribution is 2.10. The first kappa shape index (κ1) is 20.6. The minimum Gasteiger partial charge on any atom is -0.492 e. The van der Waals surface area contributed by atoms with Crippen molar-refractivity contribution >= 4 is 12.2 Å². The molecule has 0 aliphatic heterocycles. The summed E-state index contributed by atoms with van der Waals surface area (Å²) < 4.78 is 10.8. The van der Waals surface area contributed by atoms with E-state index in [1.807, 2.05) is 58.0 Å². The van der Waals surface area contributed by atoms with E-state index in [1.165, 1.54) is 6.21 Å². The zero-order valence-corrected chi connectivity index (χ0v) is 15.5. The average Bonchev–Trinajstić information content (AvgIpc) is 2.51. The molecule has 5 nitrogen and oxygen atoms in total.